The first kappa shape index (κ1) is 14.0. The molecule has 1 atom stereocenters. The van der Waals surface area contributed by atoms with Gasteiger partial charge >= 0.3 is 0 Å². The molecule has 96 valence electrons. The summed E-state index contributed by atoms with van der Waals surface area (Å²) in [7, 11) is -1.61. The van der Waals surface area contributed by atoms with E-state index in [2.05, 4.69) is 4.72 Å². The molecular weight excluding hydrogens is 238 g/mol. The van der Waals surface area contributed by atoms with Crippen LogP contribution in [-0.4, -0.2) is 21.8 Å². The Hall–Kier alpha value is -1.07. The highest BCUT2D eigenvalue weighted by atomic mass is 32.2. The minimum absolute atomic E-state index is 0.179. The molecule has 0 bridgehead atoms. The summed E-state index contributed by atoms with van der Waals surface area (Å²) in [6.07, 6.45) is 1.17. The molecular formula is C12H19NO3S. The molecule has 0 fully saturated rings. The predicted octanol–water partition coefficient (Wildman–Crippen LogP) is 1.94. The molecule has 5 heteroatoms. The van der Waals surface area contributed by atoms with Gasteiger partial charge in [0, 0.05) is 6.04 Å². The number of rotatable bonds is 5. The van der Waals surface area contributed by atoms with Gasteiger partial charge in [0.25, 0.3) is 0 Å². The van der Waals surface area contributed by atoms with Gasteiger partial charge in [-0.15, -0.1) is 0 Å². The van der Waals surface area contributed by atoms with Crippen molar-refractivity contribution in [1.82, 2.24) is 4.72 Å². The third-order valence-electron chi connectivity index (χ3n) is 2.48. The Kier molecular flexibility index (Phi) is 4.54. The molecule has 0 spiro atoms. The normalized spacial score (nSPS) is 13.7. The smallest absolute Gasteiger partial charge is 0.209 e. The van der Waals surface area contributed by atoms with Crippen molar-refractivity contribution in [1.29, 1.82) is 0 Å². The van der Waals surface area contributed by atoms with Gasteiger partial charge in [0.05, 0.1) is 13.4 Å². The maximum atomic E-state index is 11.3. The van der Waals surface area contributed by atoms with Crippen LogP contribution < -0.4 is 9.46 Å². The number of sulfonamides is 1. The monoisotopic (exact) mass is 257 g/mol. The van der Waals surface area contributed by atoms with Crippen LogP contribution in [0.2, 0.25) is 0 Å². The average molecular weight is 257 g/mol. The van der Waals surface area contributed by atoms with Crippen molar-refractivity contribution in [2.75, 3.05) is 13.4 Å². The molecule has 1 aromatic rings. The van der Waals surface area contributed by atoms with Gasteiger partial charge in [-0.2, -0.15) is 0 Å². The number of nitrogens with one attached hydrogen (secondary N) is 1. The first-order valence-electron chi connectivity index (χ1n) is 5.44. The second-order valence-electron chi connectivity index (χ2n) is 4.38. The van der Waals surface area contributed by atoms with Crippen LogP contribution in [0.15, 0.2) is 24.3 Å². The van der Waals surface area contributed by atoms with E-state index in [0.717, 1.165) is 11.3 Å². The Morgan fingerprint density at radius 3 is 2.06 bits per heavy atom. The lowest BCUT2D eigenvalue weighted by Gasteiger charge is -2.21. The van der Waals surface area contributed by atoms with E-state index >= 15 is 0 Å². The van der Waals surface area contributed by atoms with E-state index in [9.17, 15) is 8.42 Å². The molecule has 0 aliphatic heterocycles. The zero-order chi connectivity index (χ0) is 13.1. The molecule has 0 radical (unpaired) electrons. The van der Waals surface area contributed by atoms with Gasteiger partial charge in [-0.25, -0.2) is 13.1 Å². The molecule has 1 aromatic carbocycles. The molecule has 17 heavy (non-hydrogen) atoms. The second kappa shape index (κ2) is 5.51. The van der Waals surface area contributed by atoms with Crippen LogP contribution in [0.3, 0.4) is 0 Å². The van der Waals surface area contributed by atoms with Crippen molar-refractivity contribution in [3.63, 3.8) is 0 Å². The van der Waals surface area contributed by atoms with Gasteiger partial charge in [-0.05, 0) is 23.6 Å². The Morgan fingerprint density at radius 2 is 1.71 bits per heavy atom. The van der Waals surface area contributed by atoms with Crippen LogP contribution in [0.25, 0.3) is 0 Å². The summed E-state index contributed by atoms with van der Waals surface area (Å²) >= 11 is 0. The SMILES string of the molecule is COc1ccc(C(NS(C)(=O)=O)C(C)C)cc1. The first-order valence-corrected chi connectivity index (χ1v) is 7.34. The first-order chi connectivity index (χ1) is 7.83. The summed E-state index contributed by atoms with van der Waals surface area (Å²) in [6, 6.07) is 7.20. The van der Waals surface area contributed by atoms with Gasteiger partial charge in [-0.3, -0.25) is 0 Å². The molecule has 0 saturated heterocycles. The van der Waals surface area contributed by atoms with Gasteiger partial charge in [0.1, 0.15) is 5.75 Å². The molecule has 0 aliphatic rings. The van der Waals surface area contributed by atoms with Crippen LogP contribution >= 0.6 is 0 Å². The lowest BCUT2D eigenvalue weighted by molar-refractivity contribution is 0.413. The van der Waals surface area contributed by atoms with Crippen LogP contribution in [0.4, 0.5) is 0 Å². The summed E-state index contributed by atoms with van der Waals surface area (Å²) in [5.74, 6) is 0.939. The van der Waals surface area contributed by atoms with Gasteiger partial charge in [-0.1, -0.05) is 26.0 Å². The average Bonchev–Trinajstić information content (AvgIpc) is 2.25. The molecule has 1 N–H and O–H groups in total. The summed E-state index contributed by atoms with van der Waals surface area (Å²) in [5.41, 5.74) is 0.936. The van der Waals surface area contributed by atoms with E-state index in [0.29, 0.717) is 0 Å². The lowest BCUT2D eigenvalue weighted by Crippen LogP contribution is -2.30. The Labute approximate surface area is 103 Å². The Bertz CT molecular complexity index is 451. The Balaban J connectivity index is 2.97. The molecule has 0 aromatic heterocycles. The van der Waals surface area contributed by atoms with Gasteiger partial charge in [0.2, 0.25) is 10.0 Å². The Morgan fingerprint density at radius 1 is 1.18 bits per heavy atom. The minimum atomic E-state index is -3.21. The van der Waals surface area contributed by atoms with Gasteiger partial charge in [0.15, 0.2) is 0 Å². The highest BCUT2D eigenvalue weighted by Gasteiger charge is 2.19. The third-order valence-corrected chi connectivity index (χ3v) is 3.16. The van der Waals surface area contributed by atoms with Gasteiger partial charge < -0.3 is 4.74 Å². The predicted molar refractivity (Wildman–Crippen MR) is 68.6 cm³/mol. The van der Waals surface area contributed by atoms with Crippen molar-refractivity contribution < 1.29 is 13.2 Å². The number of hydrogen-bond acceptors (Lipinski definition) is 3. The van der Waals surface area contributed by atoms with E-state index in [4.69, 9.17) is 4.74 Å². The quantitative estimate of drug-likeness (QED) is 0.877. The van der Waals surface area contributed by atoms with E-state index < -0.39 is 10.0 Å². The number of ether oxygens (including phenoxy) is 1. The topological polar surface area (TPSA) is 55.4 Å². The molecule has 1 unspecified atom stereocenters. The van der Waals surface area contributed by atoms with Crippen LogP contribution in [0, 0.1) is 5.92 Å². The number of hydrogen-bond donors (Lipinski definition) is 1. The van der Waals surface area contributed by atoms with Crippen molar-refractivity contribution in [3.05, 3.63) is 29.8 Å². The van der Waals surface area contributed by atoms with Crippen molar-refractivity contribution in [3.8, 4) is 5.75 Å². The van der Waals surface area contributed by atoms with Crippen LogP contribution in [0.5, 0.6) is 5.75 Å². The highest BCUT2D eigenvalue weighted by molar-refractivity contribution is 7.88. The molecule has 1 rings (SSSR count). The van der Waals surface area contributed by atoms with Crippen LogP contribution in [0.1, 0.15) is 25.5 Å². The van der Waals surface area contributed by atoms with E-state index in [1.165, 1.54) is 6.26 Å². The fourth-order valence-corrected chi connectivity index (χ4v) is 2.50. The lowest BCUT2D eigenvalue weighted by atomic mass is 9.97. The summed E-state index contributed by atoms with van der Waals surface area (Å²) in [4.78, 5) is 0. The van der Waals surface area contributed by atoms with Crippen LogP contribution in [-0.2, 0) is 10.0 Å². The van der Waals surface area contributed by atoms with Crippen molar-refractivity contribution >= 4 is 10.0 Å². The van der Waals surface area contributed by atoms with Crippen molar-refractivity contribution in [2.45, 2.75) is 19.9 Å². The molecule has 0 aliphatic carbocycles. The fourth-order valence-electron chi connectivity index (χ4n) is 1.63. The zero-order valence-electron chi connectivity index (χ0n) is 10.6. The van der Waals surface area contributed by atoms with E-state index in [1.807, 2.05) is 38.1 Å². The highest BCUT2D eigenvalue weighted by Crippen LogP contribution is 2.24. The second-order valence-corrected chi connectivity index (χ2v) is 6.16. The zero-order valence-corrected chi connectivity index (χ0v) is 11.4. The molecule has 0 saturated carbocycles. The van der Waals surface area contributed by atoms with E-state index in [1.54, 1.807) is 7.11 Å². The molecule has 4 nitrogen and oxygen atoms in total. The third kappa shape index (κ3) is 4.36. The summed E-state index contributed by atoms with van der Waals surface area (Å²) < 4.78 is 30.3. The minimum Gasteiger partial charge on any atom is -0.497 e. The number of benzene rings is 1. The maximum absolute atomic E-state index is 11.3. The molecule has 0 amide bonds. The fraction of sp³-hybridized carbons (Fsp3) is 0.500. The van der Waals surface area contributed by atoms with Crippen molar-refractivity contribution in [2.24, 2.45) is 5.92 Å². The standard InChI is InChI=1S/C12H19NO3S/c1-9(2)12(13-17(4,14)15)10-5-7-11(16-3)8-6-10/h5-9,12-13H,1-4H3. The number of methoxy groups -OCH3 is 1. The maximum Gasteiger partial charge on any atom is 0.209 e. The van der Waals surface area contributed by atoms with E-state index in [-0.39, 0.29) is 12.0 Å². The summed E-state index contributed by atoms with van der Waals surface area (Å²) in [5, 5.41) is 0. The molecule has 0 heterocycles. The summed E-state index contributed by atoms with van der Waals surface area (Å²) in [6.45, 7) is 3.96. The largest absolute Gasteiger partial charge is 0.497 e.